The number of rotatable bonds is 2. The Morgan fingerprint density at radius 2 is 2.36 bits per heavy atom. The maximum absolute atomic E-state index is 11.0. The molecule has 1 aromatic rings. The molecular formula is C7H9ClN2O. The molecule has 0 saturated carbocycles. The summed E-state index contributed by atoms with van der Waals surface area (Å²) < 4.78 is 1.36. The van der Waals surface area contributed by atoms with Crippen LogP contribution < -0.4 is 5.56 Å². The van der Waals surface area contributed by atoms with E-state index < -0.39 is 0 Å². The fourth-order valence-electron chi connectivity index (χ4n) is 0.791. The Morgan fingerprint density at radius 1 is 1.64 bits per heavy atom. The van der Waals surface area contributed by atoms with Crippen LogP contribution in [0.4, 0.5) is 0 Å². The van der Waals surface area contributed by atoms with Crippen LogP contribution in [0.5, 0.6) is 0 Å². The first kappa shape index (κ1) is 8.27. The van der Waals surface area contributed by atoms with Crippen LogP contribution in [0.15, 0.2) is 16.9 Å². The maximum Gasteiger partial charge on any atom is 0.266 e. The third kappa shape index (κ3) is 2.05. The van der Waals surface area contributed by atoms with Gasteiger partial charge >= 0.3 is 0 Å². The Morgan fingerprint density at radius 3 is 3.00 bits per heavy atom. The largest absolute Gasteiger partial charge is 0.268 e. The van der Waals surface area contributed by atoms with Crippen molar-refractivity contribution in [2.45, 2.75) is 13.5 Å². The first-order chi connectivity index (χ1) is 5.24. The van der Waals surface area contributed by atoms with Crippen molar-refractivity contribution in [3.63, 3.8) is 0 Å². The van der Waals surface area contributed by atoms with Gasteiger partial charge < -0.3 is 0 Å². The Bertz CT molecular complexity index is 295. The number of hydrogen-bond donors (Lipinski definition) is 0. The van der Waals surface area contributed by atoms with E-state index in [1.54, 1.807) is 6.07 Å². The van der Waals surface area contributed by atoms with Gasteiger partial charge in [0, 0.05) is 11.9 Å². The second-order valence-corrected chi connectivity index (χ2v) is 2.60. The first-order valence-electron chi connectivity index (χ1n) is 3.35. The minimum Gasteiger partial charge on any atom is -0.268 e. The Hall–Kier alpha value is -0.830. The maximum atomic E-state index is 11.0. The molecule has 0 saturated heterocycles. The molecule has 60 valence electrons. The van der Waals surface area contributed by atoms with Gasteiger partial charge in [-0.1, -0.05) is 0 Å². The lowest BCUT2D eigenvalue weighted by Gasteiger charge is -2.00. The summed E-state index contributed by atoms with van der Waals surface area (Å²) in [6.07, 6.45) is 0. The molecule has 0 spiro atoms. The molecule has 0 amide bonds. The predicted octanol–water partition coefficient (Wildman–Crippen LogP) is 0.791. The van der Waals surface area contributed by atoms with Crippen molar-refractivity contribution in [3.05, 3.63) is 28.2 Å². The van der Waals surface area contributed by atoms with Crippen LogP contribution in [-0.2, 0) is 6.54 Å². The quantitative estimate of drug-likeness (QED) is 0.619. The zero-order chi connectivity index (χ0) is 8.27. The molecule has 0 radical (unpaired) electrons. The van der Waals surface area contributed by atoms with E-state index in [1.807, 2.05) is 6.92 Å². The van der Waals surface area contributed by atoms with Gasteiger partial charge in [-0.15, -0.1) is 11.6 Å². The number of hydrogen-bond acceptors (Lipinski definition) is 2. The fourth-order valence-corrected chi connectivity index (χ4v) is 0.951. The second-order valence-electron chi connectivity index (χ2n) is 2.23. The molecule has 0 bridgehead atoms. The monoisotopic (exact) mass is 172 g/mol. The molecule has 0 aliphatic heterocycles. The third-order valence-corrected chi connectivity index (χ3v) is 1.47. The van der Waals surface area contributed by atoms with Crippen LogP contribution in [0.2, 0.25) is 0 Å². The highest BCUT2D eigenvalue weighted by molar-refractivity contribution is 6.17. The van der Waals surface area contributed by atoms with Crippen LogP contribution in [0, 0.1) is 6.92 Å². The molecule has 3 nitrogen and oxygen atoms in total. The molecule has 1 heterocycles. The van der Waals surface area contributed by atoms with Gasteiger partial charge in [0.15, 0.2) is 0 Å². The van der Waals surface area contributed by atoms with E-state index in [9.17, 15) is 4.79 Å². The Kier molecular flexibility index (Phi) is 2.65. The number of alkyl halides is 1. The summed E-state index contributed by atoms with van der Waals surface area (Å²) in [5.41, 5.74) is 0.728. The van der Waals surface area contributed by atoms with E-state index in [4.69, 9.17) is 11.6 Å². The smallest absolute Gasteiger partial charge is 0.266 e. The average Bonchev–Trinajstić information content (AvgIpc) is 1.98. The molecule has 11 heavy (non-hydrogen) atoms. The van der Waals surface area contributed by atoms with Crippen molar-refractivity contribution in [1.29, 1.82) is 0 Å². The van der Waals surface area contributed by atoms with Crippen LogP contribution in [0.1, 0.15) is 5.69 Å². The number of halogens is 1. The molecule has 0 aromatic carbocycles. The molecule has 1 aromatic heterocycles. The molecule has 1 rings (SSSR count). The summed E-state index contributed by atoms with van der Waals surface area (Å²) in [7, 11) is 0. The van der Waals surface area contributed by atoms with Crippen molar-refractivity contribution in [3.8, 4) is 0 Å². The average molecular weight is 173 g/mol. The van der Waals surface area contributed by atoms with Gasteiger partial charge in [-0.2, -0.15) is 5.10 Å². The SMILES string of the molecule is Cc1ccc(=O)n(CCCl)n1. The van der Waals surface area contributed by atoms with E-state index in [1.165, 1.54) is 10.7 Å². The van der Waals surface area contributed by atoms with Gasteiger partial charge in [0.1, 0.15) is 0 Å². The molecule has 4 heteroatoms. The minimum atomic E-state index is -0.101. The summed E-state index contributed by atoms with van der Waals surface area (Å²) in [6, 6.07) is 3.18. The molecule has 0 N–H and O–H groups in total. The lowest BCUT2D eigenvalue weighted by atomic mass is 10.4. The topological polar surface area (TPSA) is 34.9 Å². The van der Waals surface area contributed by atoms with E-state index in [-0.39, 0.29) is 5.56 Å². The minimum absolute atomic E-state index is 0.101. The highest BCUT2D eigenvalue weighted by Crippen LogP contribution is 1.86. The van der Waals surface area contributed by atoms with Gasteiger partial charge in [-0.05, 0) is 13.0 Å². The number of aromatic nitrogens is 2. The highest BCUT2D eigenvalue weighted by atomic mass is 35.5. The predicted molar refractivity (Wildman–Crippen MR) is 44.0 cm³/mol. The standard InChI is InChI=1S/C7H9ClN2O/c1-6-2-3-7(11)10(9-6)5-4-8/h2-3H,4-5H2,1H3. The molecular weight excluding hydrogens is 164 g/mol. The van der Waals surface area contributed by atoms with Crippen LogP contribution in [0.3, 0.4) is 0 Å². The van der Waals surface area contributed by atoms with Gasteiger partial charge in [0.2, 0.25) is 0 Å². The van der Waals surface area contributed by atoms with Crippen molar-refractivity contribution < 1.29 is 0 Å². The van der Waals surface area contributed by atoms with Crippen molar-refractivity contribution >= 4 is 11.6 Å². The van der Waals surface area contributed by atoms with Crippen molar-refractivity contribution in [1.82, 2.24) is 9.78 Å². The van der Waals surface area contributed by atoms with E-state index in [0.29, 0.717) is 12.4 Å². The normalized spacial score (nSPS) is 10.0. The Balaban J connectivity index is 3.03. The van der Waals surface area contributed by atoms with Crippen LogP contribution in [-0.4, -0.2) is 15.7 Å². The first-order valence-corrected chi connectivity index (χ1v) is 3.88. The molecule has 0 fully saturated rings. The van der Waals surface area contributed by atoms with E-state index in [2.05, 4.69) is 5.10 Å². The summed E-state index contributed by atoms with van der Waals surface area (Å²) in [6.45, 7) is 2.31. The van der Waals surface area contributed by atoms with Crippen molar-refractivity contribution in [2.24, 2.45) is 0 Å². The van der Waals surface area contributed by atoms with Gasteiger partial charge in [0.05, 0.1) is 12.2 Å². The molecule has 0 aliphatic carbocycles. The van der Waals surface area contributed by atoms with Crippen LogP contribution in [0.25, 0.3) is 0 Å². The Labute approximate surface area is 69.6 Å². The lowest BCUT2D eigenvalue weighted by molar-refractivity contribution is 0.609. The van der Waals surface area contributed by atoms with Crippen molar-refractivity contribution in [2.75, 3.05) is 5.88 Å². The van der Waals surface area contributed by atoms with Gasteiger partial charge in [-0.25, -0.2) is 4.68 Å². The van der Waals surface area contributed by atoms with Gasteiger partial charge in [-0.3, -0.25) is 4.79 Å². The molecule has 0 atom stereocenters. The molecule has 0 aliphatic rings. The van der Waals surface area contributed by atoms with E-state index in [0.717, 1.165) is 5.69 Å². The summed E-state index contributed by atoms with van der Waals surface area (Å²) in [5.74, 6) is 0.413. The zero-order valence-electron chi connectivity index (χ0n) is 6.25. The van der Waals surface area contributed by atoms with Crippen LogP contribution >= 0.6 is 11.6 Å². The number of aryl methyl sites for hydroxylation is 2. The zero-order valence-corrected chi connectivity index (χ0v) is 7.01. The summed E-state index contributed by atoms with van der Waals surface area (Å²) >= 11 is 5.46. The lowest BCUT2D eigenvalue weighted by Crippen LogP contribution is -2.22. The number of nitrogens with zero attached hydrogens (tertiary/aromatic N) is 2. The fraction of sp³-hybridized carbons (Fsp3) is 0.429. The summed E-state index contributed by atoms with van der Waals surface area (Å²) in [4.78, 5) is 11.0. The van der Waals surface area contributed by atoms with Gasteiger partial charge in [0.25, 0.3) is 5.56 Å². The van der Waals surface area contributed by atoms with E-state index >= 15 is 0 Å². The highest BCUT2D eigenvalue weighted by Gasteiger charge is 1.94. The third-order valence-electron chi connectivity index (χ3n) is 1.30. The second kappa shape index (κ2) is 3.53. The summed E-state index contributed by atoms with van der Waals surface area (Å²) in [5, 5.41) is 3.98. The molecule has 0 unspecified atom stereocenters.